The Morgan fingerprint density at radius 2 is 2.33 bits per heavy atom. The van der Waals surface area contributed by atoms with Crippen molar-refractivity contribution in [3.05, 3.63) is 12.5 Å². The topological polar surface area (TPSA) is 38.7 Å². The molecule has 0 rings (SSSR count). The predicted octanol–water partition coefficient (Wildman–Crippen LogP) is 0.594. The predicted molar refractivity (Wildman–Crippen MR) is 19.9 cm³/mol. The fourth-order valence-corrected chi connectivity index (χ4v) is 0.0373. The number of ether oxygens (including phenoxy) is 1. The number of hydrogen-bond donors (Lipinski definition) is 1. The van der Waals surface area contributed by atoms with E-state index in [4.69, 9.17) is 5.26 Å². The van der Waals surface area contributed by atoms with E-state index in [-0.39, 0.29) is 5.95 Å². The Bertz CT molecular complexity index is 44.0. The second-order valence-electron chi connectivity index (χ2n) is 0.667. The Hall–Kier alpha value is -0.700. The first-order valence-electron chi connectivity index (χ1n) is 1.35. The molecule has 3 nitrogen and oxygen atoms in total. The lowest BCUT2D eigenvalue weighted by atomic mass is 11.0. The molecule has 0 unspecified atom stereocenters. The van der Waals surface area contributed by atoms with Crippen LogP contribution in [0.1, 0.15) is 0 Å². The molecule has 0 aliphatic rings. The van der Waals surface area contributed by atoms with Crippen LogP contribution in [0, 0.1) is 0 Å². The van der Waals surface area contributed by atoms with Gasteiger partial charge in [0, 0.05) is 0 Å². The Kier molecular flexibility index (Phi) is 2.24. The molecular formula is C3H6O3. The highest BCUT2D eigenvalue weighted by Gasteiger charge is 1.80. The molecule has 6 heavy (non-hydrogen) atoms. The standard InChI is InChI=1S/C3H6O3/c1-3(5-2)6-4/h4H,1H2,2H3. The van der Waals surface area contributed by atoms with Crippen LogP contribution in [0.3, 0.4) is 0 Å². The van der Waals surface area contributed by atoms with E-state index in [0.29, 0.717) is 0 Å². The summed E-state index contributed by atoms with van der Waals surface area (Å²) in [5.74, 6) is -0.102. The first kappa shape index (κ1) is 5.30. The molecule has 0 aromatic heterocycles. The van der Waals surface area contributed by atoms with Gasteiger partial charge < -0.3 is 9.62 Å². The van der Waals surface area contributed by atoms with Crippen LogP contribution >= 0.6 is 0 Å². The maximum atomic E-state index is 7.61. The van der Waals surface area contributed by atoms with E-state index in [1.165, 1.54) is 7.11 Å². The number of methoxy groups -OCH3 is 1. The SMILES string of the molecule is C=C(OC)OO. The van der Waals surface area contributed by atoms with Crippen molar-refractivity contribution >= 4 is 0 Å². The summed E-state index contributed by atoms with van der Waals surface area (Å²) in [6.07, 6.45) is 0. The average molecular weight is 90.1 g/mol. The minimum absolute atomic E-state index is 0.102. The monoisotopic (exact) mass is 90.0 g/mol. The van der Waals surface area contributed by atoms with Gasteiger partial charge in [-0.15, -0.1) is 0 Å². The van der Waals surface area contributed by atoms with Crippen molar-refractivity contribution in [1.82, 2.24) is 0 Å². The number of rotatable bonds is 2. The van der Waals surface area contributed by atoms with Gasteiger partial charge in [-0.2, -0.15) is 5.26 Å². The summed E-state index contributed by atoms with van der Waals surface area (Å²) in [5.41, 5.74) is 0. The van der Waals surface area contributed by atoms with Crippen molar-refractivity contribution in [2.24, 2.45) is 0 Å². The maximum absolute atomic E-state index is 7.61. The molecule has 0 bridgehead atoms. The molecule has 0 aliphatic carbocycles. The zero-order chi connectivity index (χ0) is 4.99. The van der Waals surface area contributed by atoms with E-state index in [0.717, 1.165) is 0 Å². The zero-order valence-electron chi connectivity index (χ0n) is 3.47. The molecule has 0 aromatic rings. The van der Waals surface area contributed by atoms with Crippen molar-refractivity contribution in [3.8, 4) is 0 Å². The van der Waals surface area contributed by atoms with Gasteiger partial charge in [-0.3, -0.25) is 0 Å². The highest BCUT2D eigenvalue weighted by molar-refractivity contribution is 4.61. The van der Waals surface area contributed by atoms with Crippen LogP contribution in [0.4, 0.5) is 0 Å². The van der Waals surface area contributed by atoms with Crippen LogP contribution in [0.5, 0.6) is 0 Å². The summed E-state index contributed by atoms with van der Waals surface area (Å²) in [7, 11) is 1.35. The van der Waals surface area contributed by atoms with Gasteiger partial charge in [-0.25, -0.2) is 0 Å². The van der Waals surface area contributed by atoms with Crippen molar-refractivity contribution in [2.45, 2.75) is 0 Å². The number of hydrogen-bond acceptors (Lipinski definition) is 3. The third kappa shape index (κ3) is 1.60. The third-order valence-corrected chi connectivity index (χ3v) is 0.329. The van der Waals surface area contributed by atoms with Crippen molar-refractivity contribution in [3.63, 3.8) is 0 Å². The van der Waals surface area contributed by atoms with Gasteiger partial charge in [0.25, 0.3) is 0 Å². The summed E-state index contributed by atoms with van der Waals surface area (Å²) in [6.45, 7) is 3.10. The van der Waals surface area contributed by atoms with Crippen molar-refractivity contribution < 1.29 is 14.9 Å². The lowest BCUT2D eigenvalue weighted by molar-refractivity contribution is -0.239. The van der Waals surface area contributed by atoms with Crippen LogP contribution in [-0.2, 0) is 9.62 Å². The molecule has 0 amide bonds. The Morgan fingerprint density at radius 1 is 1.83 bits per heavy atom. The molecule has 36 valence electrons. The molecule has 1 N–H and O–H groups in total. The van der Waals surface area contributed by atoms with Gasteiger partial charge in [0.2, 0.25) is 0 Å². The van der Waals surface area contributed by atoms with E-state index in [1.54, 1.807) is 0 Å². The fourth-order valence-electron chi connectivity index (χ4n) is 0.0373. The van der Waals surface area contributed by atoms with Crippen LogP contribution < -0.4 is 0 Å². The van der Waals surface area contributed by atoms with Crippen LogP contribution in [0.15, 0.2) is 12.5 Å². The lowest BCUT2D eigenvalue weighted by Gasteiger charge is -1.93. The Balaban J connectivity index is 2.99. The quantitative estimate of drug-likeness (QED) is 0.306. The van der Waals surface area contributed by atoms with Crippen LogP contribution in [0.2, 0.25) is 0 Å². The van der Waals surface area contributed by atoms with Crippen LogP contribution in [0.25, 0.3) is 0 Å². The maximum Gasteiger partial charge on any atom is 0.309 e. The van der Waals surface area contributed by atoms with E-state index in [9.17, 15) is 0 Å². The Morgan fingerprint density at radius 3 is 2.33 bits per heavy atom. The molecule has 0 heterocycles. The van der Waals surface area contributed by atoms with E-state index >= 15 is 0 Å². The first-order valence-corrected chi connectivity index (χ1v) is 1.35. The van der Waals surface area contributed by atoms with Gasteiger partial charge in [0.1, 0.15) is 0 Å². The fraction of sp³-hybridized carbons (Fsp3) is 0.333. The molecule has 0 fully saturated rings. The highest BCUT2D eigenvalue weighted by atomic mass is 17.1. The minimum Gasteiger partial charge on any atom is -0.467 e. The smallest absolute Gasteiger partial charge is 0.309 e. The van der Waals surface area contributed by atoms with E-state index in [2.05, 4.69) is 16.2 Å². The summed E-state index contributed by atoms with van der Waals surface area (Å²) < 4.78 is 4.23. The summed E-state index contributed by atoms with van der Waals surface area (Å²) in [5, 5.41) is 7.61. The molecule has 0 atom stereocenters. The lowest BCUT2D eigenvalue weighted by Crippen LogP contribution is -1.84. The molecule has 0 saturated carbocycles. The summed E-state index contributed by atoms with van der Waals surface area (Å²) in [6, 6.07) is 0. The molecule has 0 aromatic carbocycles. The van der Waals surface area contributed by atoms with Gasteiger partial charge in [0.05, 0.1) is 7.11 Å². The molecule has 0 spiro atoms. The largest absolute Gasteiger partial charge is 0.467 e. The Labute approximate surface area is 35.7 Å². The molecule has 0 aliphatic heterocycles. The molecule has 3 heteroatoms. The second kappa shape index (κ2) is 2.53. The van der Waals surface area contributed by atoms with Crippen LogP contribution in [-0.4, -0.2) is 12.4 Å². The van der Waals surface area contributed by atoms with E-state index in [1.807, 2.05) is 0 Å². The van der Waals surface area contributed by atoms with Gasteiger partial charge in [-0.1, -0.05) is 0 Å². The summed E-state index contributed by atoms with van der Waals surface area (Å²) >= 11 is 0. The zero-order valence-corrected chi connectivity index (χ0v) is 3.47. The first-order chi connectivity index (χ1) is 2.81. The van der Waals surface area contributed by atoms with Gasteiger partial charge in [-0.05, 0) is 6.58 Å². The van der Waals surface area contributed by atoms with Gasteiger partial charge >= 0.3 is 5.95 Å². The normalized spacial score (nSPS) is 7.00. The third-order valence-electron chi connectivity index (χ3n) is 0.329. The minimum atomic E-state index is -0.102. The molecule has 0 saturated heterocycles. The van der Waals surface area contributed by atoms with Crippen molar-refractivity contribution in [1.29, 1.82) is 0 Å². The highest BCUT2D eigenvalue weighted by Crippen LogP contribution is 1.85. The van der Waals surface area contributed by atoms with Crippen molar-refractivity contribution in [2.75, 3.05) is 7.11 Å². The second-order valence-corrected chi connectivity index (χ2v) is 0.667. The average Bonchev–Trinajstić information content (AvgIpc) is 1.65. The van der Waals surface area contributed by atoms with E-state index < -0.39 is 0 Å². The summed E-state index contributed by atoms with van der Waals surface area (Å²) in [4.78, 5) is 3.48. The molecule has 0 radical (unpaired) electrons. The van der Waals surface area contributed by atoms with Gasteiger partial charge in [0.15, 0.2) is 0 Å². The molecular weight excluding hydrogens is 84.0 g/mol.